The van der Waals surface area contributed by atoms with Crippen LogP contribution < -0.4 is 11.3 Å². The van der Waals surface area contributed by atoms with Gasteiger partial charge in [0.1, 0.15) is 0 Å². The highest BCUT2D eigenvalue weighted by atomic mass is 15.3. The van der Waals surface area contributed by atoms with Crippen molar-refractivity contribution in [1.29, 1.82) is 0 Å². The quantitative estimate of drug-likeness (QED) is 0.566. The maximum Gasteiger partial charge on any atom is 0.0417 e. The Morgan fingerprint density at radius 3 is 1.94 bits per heavy atom. The Morgan fingerprint density at radius 1 is 1.06 bits per heavy atom. The summed E-state index contributed by atoms with van der Waals surface area (Å²) in [7, 11) is 0. The molecule has 0 aromatic rings. The van der Waals surface area contributed by atoms with E-state index < -0.39 is 0 Å². The molecule has 1 atom stereocenters. The van der Waals surface area contributed by atoms with Gasteiger partial charge in [-0.2, -0.15) is 0 Å². The Hall–Kier alpha value is -0.120. The smallest absolute Gasteiger partial charge is 0.0417 e. The van der Waals surface area contributed by atoms with Crippen molar-refractivity contribution in [1.82, 2.24) is 10.3 Å². The lowest BCUT2D eigenvalue weighted by atomic mass is 9.80. The first-order valence-electron chi connectivity index (χ1n) is 7.79. The van der Waals surface area contributed by atoms with Gasteiger partial charge in [0.05, 0.1) is 0 Å². The summed E-state index contributed by atoms with van der Waals surface area (Å²) in [5, 5.41) is 0. The molecule has 1 aliphatic rings. The second kappa shape index (κ2) is 7.46. The molecule has 1 saturated heterocycles. The van der Waals surface area contributed by atoms with Crippen LogP contribution in [0, 0.1) is 5.92 Å². The summed E-state index contributed by atoms with van der Waals surface area (Å²) in [6.45, 7) is 11.7. The molecule has 3 nitrogen and oxygen atoms in total. The van der Waals surface area contributed by atoms with Crippen LogP contribution in [0.2, 0.25) is 0 Å². The van der Waals surface area contributed by atoms with E-state index in [4.69, 9.17) is 5.84 Å². The van der Waals surface area contributed by atoms with E-state index >= 15 is 0 Å². The summed E-state index contributed by atoms with van der Waals surface area (Å²) < 4.78 is 0. The molecule has 1 heterocycles. The van der Waals surface area contributed by atoms with Crippen LogP contribution in [0.3, 0.4) is 0 Å². The SMILES string of the molecule is CCC(CC)C(NN)C(C)(C)N1CCCCCC1. The van der Waals surface area contributed by atoms with Crippen LogP contribution in [0.15, 0.2) is 0 Å². The lowest BCUT2D eigenvalue weighted by Crippen LogP contribution is -2.62. The number of rotatable bonds is 6. The minimum Gasteiger partial charge on any atom is -0.297 e. The van der Waals surface area contributed by atoms with Crippen molar-refractivity contribution in [2.75, 3.05) is 13.1 Å². The van der Waals surface area contributed by atoms with E-state index in [1.54, 1.807) is 0 Å². The zero-order chi connectivity index (χ0) is 13.6. The van der Waals surface area contributed by atoms with Gasteiger partial charge in [0, 0.05) is 11.6 Å². The van der Waals surface area contributed by atoms with Gasteiger partial charge in [-0.15, -0.1) is 0 Å². The minimum absolute atomic E-state index is 0.149. The maximum absolute atomic E-state index is 5.88. The minimum atomic E-state index is 0.149. The van der Waals surface area contributed by atoms with E-state index in [0.29, 0.717) is 12.0 Å². The number of nitrogens with zero attached hydrogens (tertiary/aromatic N) is 1. The highest BCUT2D eigenvalue weighted by molar-refractivity contribution is 4.96. The van der Waals surface area contributed by atoms with E-state index in [0.717, 1.165) is 0 Å². The second-order valence-corrected chi connectivity index (χ2v) is 6.28. The predicted octanol–water partition coefficient (Wildman–Crippen LogP) is 2.91. The topological polar surface area (TPSA) is 41.3 Å². The van der Waals surface area contributed by atoms with Gasteiger partial charge < -0.3 is 0 Å². The Kier molecular flexibility index (Phi) is 6.61. The zero-order valence-corrected chi connectivity index (χ0v) is 12.8. The van der Waals surface area contributed by atoms with Gasteiger partial charge in [-0.05, 0) is 45.7 Å². The third-order valence-electron chi connectivity index (χ3n) is 4.88. The largest absolute Gasteiger partial charge is 0.297 e. The molecule has 0 aromatic heterocycles. The van der Waals surface area contributed by atoms with Crippen molar-refractivity contribution in [3.05, 3.63) is 0 Å². The molecule has 1 fully saturated rings. The predicted molar refractivity (Wildman–Crippen MR) is 79.3 cm³/mol. The molecule has 18 heavy (non-hydrogen) atoms. The molecule has 108 valence electrons. The number of hydrogen-bond donors (Lipinski definition) is 2. The molecule has 0 spiro atoms. The first-order valence-corrected chi connectivity index (χ1v) is 7.79. The summed E-state index contributed by atoms with van der Waals surface area (Å²) in [5.41, 5.74) is 3.27. The first kappa shape index (κ1) is 15.9. The van der Waals surface area contributed by atoms with Crippen molar-refractivity contribution in [3.8, 4) is 0 Å². The van der Waals surface area contributed by atoms with Crippen LogP contribution in [0.5, 0.6) is 0 Å². The zero-order valence-electron chi connectivity index (χ0n) is 12.8. The molecule has 0 aromatic carbocycles. The average Bonchev–Trinajstić information content (AvgIpc) is 2.64. The van der Waals surface area contributed by atoms with Crippen LogP contribution in [-0.4, -0.2) is 29.6 Å². The standard InChI is InChI=1S/C15H33N3/c1-5-13(6-2)14(17-16)15(3,4)18-11-9-7-8-10-12-18/h13-14,17H,5-12,16H2,1-4H3. The van der Waals surface area contributed by atoms with Crippen molar-refractivity contribution in [2.45, 2.75) is 77.8 Å². The van der Waals surface area contributed by atoms with E-state index in [1.165, 1.54) is 51.6 Å². The molecule has 1 unspecified atom stereocenters. The monoisotopic (exact) mass is 255 g/mol. The maximum atomic E-state index is 5.88. The fourth-order valence-corrected chi connectivity index (χ4v) is 3.52. The summed E-state index contributed by atoms with van der Waals surface area (Å²) in [5.74, 6) is 6.54. The van der Waals surface area contributed by atoms with Crippen LogP contribution in [-0.2, 0) is 0 Å². The van der Waals surface area contributed by atoms with Gasteiger partial charge in [-0.3, -0.25) is 16.2 Å². The molecule has 0 saturated carbocycles. The molecule has 1 aliphatic heterocycles. The Labute approximate surface area is 113 Å². The molecule has 1 rings (SSSR count). The number of nitrogens with one attached hydrogen (secondary N) is 1. The first-order chi connectivity index (χ1) is 8.57. The third-order valence-corrected chi connectivity index (χ3v) is 4.88. The van der Waals surface area contributed by atoms with Crippen molar-refractivity contribution >= 4 is 0 Å². The Bertz CT molecular complexity index is 216. The van der Waals surface area contributed by atoms with Gasteiger partial charge in [0.15, 0.2) is 0 Å². The van der Waals surface area contributed by atoms with Gasteiger partial charge >= 0.3 is 0 Å². The molecule has 0 bridgehead atoms. The summed E-state index contributed by atoms with van der Waals surface area (Å²) in [6.07, 6.45) is 7.84. The molecule has 0 aliphatic carbocycles. The van der Waals surface area contributed by atoms with E-state index in [9.17, 15) is 0 Å². The van der Waals surface area contributed by atoms with Crippen LogP contribution in [0.25, 0.3) is 0 Å². The lowest BCUT2D eigenvalue weighted by molar-refractivity contribution is 0.0561. The normalized spacial score (nSPS) is 21.0. The third kappa shape index (κ3) is 3.69. The average molecular weight is 255 g/mol. The van der Waals surface area contributed by atoms with Gasteiger partial charge in [-0.25, -0.2) is 0 Å². The number of hydrogen-bond acceptors (Lipinski definition) is 3. The Balaban J connectivity index is 2.78. The molecule has 0 radical (unpaired) electrons. The van der Waals surface area contributed by atoms with Gasteiger partial charge in [0.2, 0.25) is 0 Å². The van der Waals surface area contributed by atoms with Crippen LogP contribution in [0.4, 0.5) is 0 Å². The van der Waals surface area contributed by atoms with Crippen molar-refractivity contribution in [2.24, 2.45) is 11.8 Å². The highest BCUT2D eigenvalue weighted by Crippen LogP contribution is 2.29. The molecule has 0 amide bonds. The van der Waals surface area contributed by atoms with Crippen LogP contribution >= 0.6 is 0 Å². The van der Waals surface area contributed by atoms with Crippen molar-refractivity contribution in [3.63, 3.8) is 0 Å². The summed E-state index contributed by atoms with van der Waals surface area (Å²) in [6, 6.07) is 0.380. The van der Waals surface area contributed by atoms with Gasteiger partial charge in [-0.1, -0.05) is 39.5 Å². The Morgan fingerprint density at radius 2 is 1.56 bits per heavy atom. The number of likely N-dealkylation sites (tertiary alicyclic amines) is 1. The number of nitrogens with two attached hydrogens (primary N) is 1. The summed E-state index contributed by atoms with van der Waals surface area (Å²) >= 11 is 0. The second-order valence-electron chi connectivity index (χ2n) is 6.28. The van der Waals surface area contributed by atoms with Gasteiger partial charge in [0.25, 0.3) is 0 Å². The molecule has 3 heteroatoms. The molecular weight excluding hydrogens is 222 g/mol. The highest BCUT2D eigenvalue weighted by Gasteiger charge is 2.38. The summed E-state index contributed by atoms with van der Waals surface area (Å²) in [4.78, 5) is 2.66. The lowest BCUT2D eigenvalue weighted by Gasteiger charge is -2.46. The molecule has 3 N–H and O–H groups in total. The molecular formula is C15H33N3. The van der Waals surface area contributed by atoms with E-state index in [1.807, 2.05) is 0 Å². The number of hydrazine groups is 1. The van der Waals surface area contributed by atoms with Crippen molar-refractivity contribution < 1.29 is 0 Å². The van der Waals surface area contributed by atoms with E-state index in [2.05, 4.69) is 38.0 Å². The van der Waals surface area contributed by atoms with Crippen LogP contribution in [0.1, 0.15) is 66.2 Å². The fraction of sp³-hybridized carbons (Fsp3) is 1.00. The fourth-order valence-electron chi connectivity index (χ4n) is 3.52. The van der Waals surface area contributed by atoms with E-state index in [-0.39, 0.29) is 5.54 Å².